The number of hydrogen-bond acceptors (Lipinski definition) is 3. The lowest BCUT2D eigenvalue weighted by molar-refractivity contribution is 0.113. The van der Waals surface area contributed by atoms with E-state index in [-0.39, 0.29) is 9.92 Å². The van der Waals surface area contributed by atoms with Crippen molar-refractivity contribution in [2.75, 3.05) is 13.1 Å². The molecule has 2 rings (SSSR count). The third-order valence-electron chi connectivity index (χ3n) is 2.95. The van der Waals surface area contributed by atoms with E-state index in [2.05, 4.69) is 0 Å². The van der Waals surface area contributed by atoms with Gasteiger partial charge in [0.1, 0.15) is 0 Å². The monoisotopic (exact) mass is 309 g/mol. The Morgan fingerprint density at radius 1 is 1.17 bits per heavy atom. The molecular weight excluding hydrogens is 297 g/mol. The highest BCUT2D eigenvalue weighted by Gasteiger charge is 2.28. The third-order valence-corrected chi connectivity index (χ3v) is 5.59. The van der Waals surface area contributed by atoms with Gasteiger partial charge in [-0.15, -0.1) is 0 Å². The fourth-order valence-corrected chi connectivity index (χ4v) is 3.73. The van der Waals surface area contributed by atoms with Crippen molar-refractivity contribution in [1.82, 2.24) is 4.31 Å². The topological polar surface area (TPSA) is 57.6 Å². The predicted octanol–water partition coefficient (Wildman–Crippen LogP) is 2.14. The maximum Gasteiger partial charge on any atom is 0.243 e. The standard InChI is InChI=1S/C11H13Cl2NO3S/c12-10-2-1-9(7-11(10)13)18(16,17)14-5-3-8(15)4-6-14/h1-2,7-8,15H,3-6H2. The highest BCUT2D eigenvalue weighted by molar-refractivity contribution is 7.89. The summed E-state index contributed by atoms with van der Waals surface area (Å²) in [4.78, 5) is 0.133. The fourth-order valence-electron chi connectivity index (χ4n) is 1.87. The van der Waals surface area contributed by atoms with Crippen molar-refractivity contribution in [3.05, 3.63) is 28.2 Å². The zero-order valence-electron chi connectivity index (χ0n) is 9.51. The quantitative estimate of drug-likeness (QED) is 0.910. The van der Waals surface area contributed by atoms with E-state index in [0.717, 1.165) is 0 Å². The largest absolute Gasteiger partial charge is 0.393 e. The Morgan fingerprint density at radius 3 is 2.33 bits per heavy atom. The summed E-state index contributed by atoms with van der Waals surface area (Å²) < 4.78 is 26.0. The summed E-state index contributed by atoms with van der Waals surface area (Å²) in [5.41, 5.74) is 0. The molecule has 1 N–H and O–H groups in total. The van der Waals surface area contributed by atoms with Crippen molar-refractivity contribution in [2.24, 2.45) is 0 Å². The van der Waals surface area contributed by atoms with Crippen LogP contribution in [-0.4, -0.2) is 37.0 Å². The van der Waals surface area contributed by atoms with Crippen LogP contribution < -0.4 is 0 Å². The first kappa shape index (κ1) is 14.1. The molecule has 18 heavy (non-hydrogen) atoms. The first-order valence-corrected chi connectivity index (χ1v) is 7.74. The van der Waals surface area contributed by atoms with Gasteiger partial charge < -0.3 is 5.11 Å². The predicted molar refractivity (Wildman–Crippen MR) is 70.5 cm³/mol. The molecular formula is C11H13Cl2NO3S. The molecule has 0 aromatic heterocycles. The number of aliphatic hydroxyl groups is 1. The van der Waals surface area contributed by atoms with E-state index in [1.165, 1.54) is 22.5 Å². The molecule has 0 spiro atoms. The Kier molecular flexibility index (Phi) is 4.18. The van der Waals surface area contributed by atoms with Crippen LogP contribution >= 0.6 is 23.2 Å². The molecule has 100 valence electrons. The number of nitrogens with zero attached hydrogens (tertiary/aromatic N) is 1. The second kappa shape index (κ2) is 5.35. The third kappa shape index (κ3) is 2.81. The van der Waals surface area contributed by atoms with Gasteiger partial charge in [-0.2, -0.15) is 4.31 Å². The molecule has 0 atom stereocenters. The summed E-state index contributed by atoms with van der Waals surface area (Å²) in [6, 6.07) is 4.26. The van der Waals surface area contributed by atoms with Crippen molar-refractivity contribution < 1.29 is 13.5 Å². The number of piperidine rings is 1. The lowest BCUT2D eigenvalue weighted by atomic mass is 10.1. The minimum absolute atomic E-state index is 0.133. The Morgan fingerprint density at radius 2 is 1.78 bits per heavy atom. The molecule has 7 heteroatoms. The van der Waals surface area contributed by atoms with E-state index in [0.29, 0.717) is 31.0 Å². The van der Waals surface area contributed by atoms with Crippen molar-refractivity contribution >= 4 is 33.2 Å². The van der Waals surface area contributed by atoms with Crippen molar-refractivity contribution in [3.63, 3.8) is 0 Å². The number of aliphatic hydroxyl groups excluding tert-OH is 1. The van der Waals surface area contributed by atoms with Crippen LogP contribution in [0.15, 0.2) is 23.1 Å². The van der Waals surface area contributed by atoms with E-state index in [9.17, 15) is 13.5 Å². The Hall–Kier alpha value is -0.330. The highest BCUT2D eigenvalue weighted by Crippen LogP contribution is 2.27. The van der Waals surface area contributed by atoms with E-state index in [1.807, 2.05) is 0 Å². The van der Waals surface area contributed by atoms with E-state index in [1.54, 1.807) is 0 Å². The highest BCUT2D eigenvalue weighted by atomic mass is 35.5. The van der Waals surface area contributed by atoms with Crippen molar-refractivity contribution in [1.29, 1.82) is 0 Å². The van der Waals surface area contributed by atoms with Gasteiger partial charge in [0.25, 0.3) is 0 Å². The average Bonchev–Trinajstić information content (AvgIpc) is 2.33. The molecule has 1 aliphatic heterocycles. The van der Waals surface area contributed by atoms with Gasteiger partial charge in [0, 0.05) is 13.1 Å². The van der Waals surface area contributed by atoms with Gasteiger partial charge >= 0.3 is 0 Å². The summed E-state index contributed by atoms with van der Waals surface area (Å²) in [5, 5.41) is 9.92. The van der Waals surface area contributed by atoms with Crippen molar-refractivity contribution in [2.45, 2.75) is 23.8 Å². The Bertz CT molecular complexity index is 539. The molecule has 1 aliphatic rings. The number of halogens is 2. The first-order chi connectivity index (χ1) is 8.41. The molecule has 0 saturated carbocycles. The van der Waals surface area contributed by atoms with E-state index < -0.39 is 16.1 Å². The van der Waals surface area contributed by atoms with Crippen LogP contribution in [0.4, 0.5) is 0 Å². The number of sulfonamides is 1. The number of benzene rings is 1. The van der Waals surface area contributed by atoms with Crippen LogP contribution in [0.1, 0.15) is 12.8 Å². The Labute approximate surface area is 116 Å². The van der Waals surface area contributed by atoms with Crippen molar-refractivity contribution in [3.8, 4) is 0 Å². The summed E-state index contributed by atoms with van der Waals surface area (Å²) in [5.74, 6) is 0. The number of hydrogen-bond donors (Lipinski definition) is 1. The van der Waals surface area contributed by atoms with Crippen LogP contribution in [0.5, 0.6) is 0 Å². The molecule has 1 aromatic rings. The van der Waals surface area contributed by atoms with E-state index >= 15 is 0 Å². The summed E-state index contributed by atoms with van der Waals surface area (Å²) in [7, 11) is -3.55. The van der Waals surface area contributed by atoms with Crippen LogP contribution in [0.3, 0.4) is 0 Å². The van der Waals surface area contributed by atoms with Gasteiger partial charge in [0.15, 0.2) is 0 Å². The van der Waals surface area contributed by atoms with Crippen LogP contribution in [-0.2, 0) is 10.0 Å². The van der Waals surface area contributed by atoms with Gasteiger partial charge in [-0.3, -0.25) is 0 Å². The second-order valence-corrected chi connectivity index (χ2v) is 6.96. The normalized spacial score (nSPS) is 19.1. The lowest BCUT2D eigenvalue weighted by Gasteiger charge is -2.28. The molecule has 1 fully saturated rings. The molecule has 0 unspecified atom stereocenters. The van der Waals surface area contributed by atoms with Gasteiger partial charge in [-0.1, -0.05) is 23.2 Å². The van der Waals surface area contributed by atoms with Gasteiger partial charge in [-0.05, 0) is 31.0 Å². The molecule has 1 saturated heterocycles. The van der Waals surface area contributed by atoms with Gasteiger partial charge in [0.05, 0.1) is 21.0 Å². The maximum absolute atomic E-state index is 12.3. The fraction of sp³-hybridized carbons (Fsp3) is 0.455. The average molecular weight is 310 g/mol. The van der Waals surface area contributed by atoms with E-state index in [4.69, 9.17) is 23.2 Å². The van der Waals surface area contributed by atoms with Crippen LogP contribution in [0.25, 0.3) is 0 Å². The Balaban J connectivity index is 2.27. The lowest BCUT2D eigenvalue weighted by Crippen LogP contribution is -2.39. The molecule has 4 nitrogen and oxygen atoms in total. The first-order valence-electron chi connectivity index (χ1n) is 5.54. The molecule has 1 heterocycles. The SMILES string of the molecule is O=S(=O)(c1ccc(Cl)c(Cl)c1)N1CCC(O)CC1. The van der Waals surface area contributed by atoms with Gasteiger partial charge in [-0.25, -0.2) is 8.42 Å². The molecule has 0 aliphatic carbocycles. The summed E-state index contributed by atoms with van der Waals surface area (Å²) in [6.07, 6.45) is 0.506. The second-order valence-electron chi connectivity index (χ2n) is 4.21. The smallest absolute Gasteiger partial charge is 0.243 e. The summed E-state index contributed by atoms with van der Waals surface area (Å²) in [6.45, 7) is 0.646. The zero-order chi connectivity index (χ0) is 13.3. The minimum atomic E-state index is -3.55. The maximum atomic E-state index is 12.3. The van der Waals surface area contributed by atoms with Crippen LogP contribution in [0.2, 0.25) is 10.0 Å². The zero-order valence-corrected chi connectivity index (χ0v) is 11.8. The molecule has 0 amide bonds. The van der Waals surface area contributed by atoms with Crippen LogP contribution in [0, 0.1) is 0 Å². The van der Waals surface area contributed by atoms with Gasteiger partial charge in [0.2, 0.25) is 10.0 Å². The molecule has 0 bridgehead atoms. The molecule has 0 radical (unpaired) electrons. The summed E-state index contributed by atoms with van der Waals surface area (Å²) >= 11 is 11.6. The number of rotatable bonds is 2. The minimum Gasteiger partial charge on any atom is -0.393 e. The molecule has 1 aromatic carbocycles.